The molecule has 0 atom stereocenters. The van der Waals surface area contributed by atoms with Crippen molar-refractivity contribution in [2.45, 2.75) is 11.6 Å². The summed E-state index contributed by atoms with van der Waals surface area (Å²) >= 11 is 0. The normalized spacial score (nSPS) is 13.7. The van der Waals surface area contributed by atoms with E-state index in [2.05, 4.69) is 4.98 Å². The van der Waals surface area contributed by atoms with Crippen LogP contribution in [0.1, 0.15) is 0 Å². The summed E-state index contributed by atoms with van der Waals surface area (Å²) in [5.41, 5.74) is 0. The van der Waals surface area contributed by atoms with Crippen LogP contribution in [-0.2, 0) is 20.4 Å². The third-order valence-corrected chi connectivity index (χ3v) is 5.97. The first kappa shape index (κ1) is 16.5. The molecule has 1 rings (SSSR count). The second kappa shape index (κ2) is 5.82. The van der Waals surface area contributed by atoms with Crippen LogP contribution in [0.15, 0.2) is 18.7 Å². The molecule has 110 valence electrons. The summed E-state index contributed by atoms with van der Waals surface area (Å²) in [5.74, 6) is 0. The standard InChI is InChI=1S/C7H14N2O8P2/c10-7(18(11,12)13,19(14,15)16)5-17-4-3-9-2-1-8-6-9/h1-2,6,10H,3-5H2,(H2,11,12,13)(H2,14,15,16). The fourth-order valence-electron chi connectivity index (χ4n) is 1.14. The molecule has 1 heterocycles. The Hall–Kier alpha value is -0.570. The molecular weight excluding hydrogens is 302 g/mol. The zero-order chi connectivity index (χ0) is 14.7. The average molecular weight is 316 g/mol. The molecule has 0 spiro atoms. The second-order valence-electron chi connectivity index (χ2n) is 3.72. The van der Waals surface area contributed by atoms with Crippen LogP contribution in [0.3, 0.4) is 0 Å². The van der Waals surface area contributed by atoms with Gasteiger partial charge in [-0.15, -0.1) is 0 Å². The van der Waals surface area contributed by atoms with E-state index in [9.17, 15) is 14.2 Å². The molecule has 0 aliphatic rings. The van der Waals surface area contributed by atoms with Crippen LogP contribution in [0.25, 0.3) is 0 Å². The van der Waals surface area contributed by atoms with Gasteiger partial charge >= 0.3 is 15.2 Å². The largest absolute Gasteiger partial charge is 0.375 e. The fourth-order valence-corrected chi connectivity index (χ4v) is 3.01. The van der Waals surface area contributed by atoms with Crippen molar-refractivity contribution in [3.63, 3.8) is 0 Å². The highest BCUT2D eigenvalue weighted by Gasteiger charge is 2.59. The monoisotopic (exact) mass is 316 g/mol. The van der Waals surface area contributed by atoms with E-state index in [1.807, 2.05) is 0 Å². The predicted octanol–water partition coefficient (Wildman–Crippen LogP) is -1.10. The minimum Gasteiger partial charge on any atom is -0.375 e. The minimum absolute atomic E-state index is 0.112. The first-order chi connectivity index (χ1) is 8.58. The number of aliphatic hydroxyl groups is 1. The van der Waals surface area contributed by atoms with E-state index >= 15 is 0 Å². The SMILES string of the molecule is O=P(O)(O)C(O)(COCCn1ccnc1)P(=O)(O)O. The number of rotatable bonds is 7. The summed E-state index contributed by atoms with van der Waals surface area (Å²) < 4.78 is 28.3. The van der Waals surface area contributed by atoms with Crippen LogP contribution in [0, 0.1) is 0 Å². The van der Waals surface area contributed by atoms with Crippen LogP contribution in [0.2, 0.25) is 0 Å². The van der Waals surface area contributed by atoms with Crippen molar-refractivity contribution in [2.24, 2.45) is 0 Å². The molecule has 0 amide bonds. The molecule has 0 unspecified atom stereocenters. The van der Waals surface area contributed by atoms with Crippen LogP contribution in [0.5, 0.6) is 0 Å². The first-order valence-electron chi connectivity index (χ1n) is 4.95. The number of nitrogens with zero attached hydrogens (tertiary/aromatic N) is 2. The molecule has 19 heavy (non-hydrogen) atoms. The van der Waals surface area contributed by atoms with Crippen molar-refractivity contribution in [3.05, 3.63) is 18.7 Å². The van der Waals surface area contributed by atoms with Gasteiger partial charge in [-0.2, -0.15) is 0 Å². The summed E-state index contributed by atoms with van der Waals surface area (Å²) in [4.78, 5) is 39.1. The van der Waals surface area contributed by atoms with E-state index in [4.69, 9.17) is 24.3 Å². The van der Waals surface area contributed by atoms with Gasteiger partial charge in [0, 0.05) is 18.9 Å². The Morgan fingerprint density at radius 2 is 1.79 bits per heavy atom. The molecular formula is C7H14N2O8P2. The lowest BCUT2D eigenvalue weighted by Gasteiger charge is -2.28. The lowest BCUT2D eigenvalue weighted by Crippen LogP contribution is -2.34. The van der Waals surface area contributed by atoms with Crippen molar-refractivity contribution in [1.82, 2.24) is 9.55 Å². The first-order valence-corrected chi connectivity index (χ1v) is 8.17. The number of imidazole rings is 1. The van der Waals surface area contributed by atoms with Gasteiger partial charge in [-0.05, 0) is 0 Å². The van der Waals surface area contributed by atoms with E-state index in [1.54, 1.807) is 10.8 Å². The molecule has 0 saturated heterocycles. The smallest absolute Gasteiger partial charge is 0.371 e. The van der Waals surface area contributed by atoms with Crippen LogP contribution in [0.4, 0.5) is 0 Å². The zero-order valence-corrected chi connectivity index (χ0v) is 11.4. The van der Waals surface area contributed by atoms with Crippen molar-refractivity contribution in [2.75, 3.05) is 13.2 Å². The zero-order valence-electron chi connectivity index (χ0n) is 9.60. The van der Waals surface area contributed by atoms with Crippen molar-refractivity contribution in [3.8, 4) is 0 Å². The van der Waals surface area contributed by atoms with Crippen molar-refractivity contribution >= 4 is 15.2 Å². The summed E-state index contributed by atoms with van der Waals surface area (Å²) in [6, 6.07) is 0. The Labute approximate surface area is 108 Å². The maximum atomic E-state index is 11.0. The highest BCUT2D eigenvalue weighted by molar-refractivity contribution is 7.72. The van der Waals surface area contributed by atoms with E-state index in [0.717, 1.165) is 0 Å². The predicted molar refractivity (Wildman–Crippen MR) is 62.1 cm³/mol. The molecule has 10 nitrogen and oxygen atoms in total. The fraction of sp³-hybridized carbons (Fsp3) is 0.571. The molecule has 1 aromatic heterocycles. The topological polar surface area (TPSA) is 162 Å². The Morgan fingerprint density at radius 3 is 2.21 bits per heavy atom. The van der Waals surface area contributed by atoms with Gasteiger partial charge in [0.25, 0.3) is 5.08 Å². The molecule has 1 aromatic rings. The lowest BCUT2D eigenvalue weighted by atomic mass is 10.6. The van der Waals surface area contributed by atoms with Gasteiger partial charge in [0.05, 0.1) is 19.5 Å². The minimum atomic E-state index is -5.46. The molecule has 0 bridgehead atoms. The van der Waals surface area contributed by atoms with Crippen LogP contribution >= 0.6 is 15.2 Å². The number of hydrogen-bond donors (Lipinski definition) is 5. The van der Waals surface area contributed by atoms with Gasteiger partial charge in [-0.25, -0.2) is 4.98 Å². The Morgan fingerprint density at radius 1 is 1.21 bits per heavy atom. The molecule has 0 fully saturated rings. The molecule has 5 N–H and O–H groups in total. The molecule has 0 radical (unpaired) electrons. The highest BCUT2D eigenvalue weighted by Crippen LogP contribution is 2.67. The lowest BCUT2D eigenvalue weighted by molar-refractivity contribution is 0.0224. The number of aromatic nitrogens is 2. The van der Waals surface area contributed by atoms with Gasteiger partial charge in [-0.1, -0.05) is 0 Å². The Balaban J connectivity index is 2.61. The maximum absolute atomic E-state index is 11.0. The van der Waals surface area contributed by atoms with Gasteiger partial charge in [0.15, 0.2) is 0 Å². The average Bonchev–Trinajstić information content (AvgIpc) is 2.73. The second-order valence-corrected chi connectivity index (χ2v) is 7.72. The van der Waals surface area contributed by atoms with E-state index < -0.39 is 26.9 Å². The summed E-state index contributed by atoms with van der Waals surface area (Å²) in [6.45, 7) is -1.05. The van der Waals surface area contributed by atoms with Crippen molar-refractivity contribution < 1.29 is 38.5 Å². The molecule has 12 heteroatoms. The van der Waals surface area contributed by atoms with Gasteiger partial charge in [-0.3, -0.25) is 9.13 Å². The summed E-state index contributed by atoms with van der Waals surface area (Å²) in [6.07, 6.45) is 4.56. The van der Waals surface area contributed by atoms with Crippen molar-refractivity contribution in [1.29, 1.82) is 0 Å². The third kappa shape index (κ3) is 3.95. The van der Waals surface area contributed by atoms with Gasteiger partial charge in [0.1, 0.15) is 0 Å². The van der Waals surface area contributed by atoms with Gasteiger partial charge < -0.3 is 34.0 Å². The van der Waals surface area contributed by atoms with E-state index in [0.29, 0.717) is 0 Å². The molecule has 0 saturated carbocycles. The third-order valence-electron chi connectivity index (χ3n) is 2.28. The molecule has 0 aliphatic carbocycles. The van der Waals surface area contributed by atoms with Crippen LogP contribution in [-0.4, -0.2) is 52.5 Å². The Kier molecular flexibility index (Phi) is 5.05. The van der Waals surface area contributed by atoms with E-state index in [1.165, 1.54) is 12.5 Å². The number of ether oxygens (including phenoxy) is 1. The summed E-state index contributed by atoms with van der Waals surface area (Å²) in [5, 5.41) is 5.94. The number of hydrogen-bond acceptors (Lipinski definition) is 5. The maximum Gasteiger partial charge on any atom is 0.371 e. The van der Waals surface area contributed by atoms with Gasteiger partial charge in [0.2, 0.25) is 0 Å². The molecule has 0 aliphatic heterocycles. The quantitative estimate of drug-likeness (QED) is 0.310. The summed E-state index contributed by atoms with van der Waals surface area (Å²) in [7, 11) is -10.9. The molecule has 0 aromatic carbocycles. The Bertz CT molecular complexity index is 469. The highest BCUT2D eigenvalue weighted by atomic mass is 31.2. The van der Waals surface area contributed by atoms with E-state index in [-0.39, 0.29) is 13.2 Å². The van der Waals surface area contributed by atoms with Crippen LogP contribution < -0.4 is 0 Å².